The summed E-state index contributed by atoms with van der Waals surface area (Å²) in [6, 6.07) is 6.38. The molecular weight excluding hydrogens is 378 g/mol. The van der Waals surface area contributed by atoms with Crippen molar-refractivity contribution >= 4 is 23.4 Å². The Morgan fingerprint density at radius 1 is 1.27 bits per heavy atom. The third-order valence-electron chi connectivity index (χ3n) is 5.65. The van der Waals surface area contributed by atoms with E-state index in [1.807, 2.05) is 39.0 Å². The molecule has 1 aliphatic rings. The Balaban J connectivity index is 2.51. The summed E-state index contributed by atoms with van der Waals surface area (Å²) in [4.78, 5) is 30.9. The number of anilines is 2. The van der Waals surface area contributed by atoms with E-state index in [9.17, 15) is 9.59 Å². The van der Waals surface area contributed by atoms with Gasteiger partial charge in [-0.1, -0.05) is 12.1 Å². The number of ether oxygens (including phenoxy) is 1. The molecule has 2 atom stereocenters. The summed E-state index contributed by atoms with van der Waals surface area (Å²) in [5.41, 5.74) is 2.61. The van der Waals surface area contributed by atoms with Crippen LogP contribution >= 0.6 is 0 Å². The Labute approximate surface area is 181 Å². The molecule has 0 aliphatic carbocycles. The summed E-state index contributed by atoms with van der Waals surface area (Å²) in [6.45, 7) is 16.8. The molecule has 0 saturated carbocycles. The van der Waals surface area contributed by atoms with E-state index in [1.165, 1.54) is 0 Å². The molecule has 0 aromatic heterocycles. The molecule has 1 unspecified atom stereocenters. The fourth-order valence-electron chi connectivity index (χ4n) is 3.89. The fraction of sp³-hybridized carbons (Fsp3) is 0.583. The van der Waals surface area contributed by atoms with Crippen LogP contribution in [0.2, 0.25) is 0 Å². The number of benzene rings is 1. The largest absolute Gasteiger partial charge is 0.446 e. The molecule has 30 heavy (non-hydrogen) atoms. The summed E-state index contributed by atoms with van der Waals surface area (Å²) in [5, 5.41) is 0. The third-order valence-corrected chi connectivity index (χ3v) is 5.65. The average Bonchev–Trinajstić information content (AvgIpc) is 2.65. The fourth-order valence-corrected chi connectivity index (χ4v) is 3.89. The van der Waals surface area contributed by atoms with Gasteiger partial charge in [0.2, 0.25) is 5.91 Å². The quantitative estimate of drug-likeness (QED) is 0.601. The van der Waals surface area contributed by atoms with E-state index < -0.39 is 0 Å². The van der Waals surface area contributed by atoms with Crippen LogP contribution in [-0.2, 0) is 9.53 Å². The van der Waals surface area contributed by atoms with Gasteiger partial charge in [-0.25, -0.2) is 4.79 Å². The lowest BCUT2D eigenvalue weighted by molar-refractivity contribution is -0.117. The van der Waals surface area contributed by atoms with Gasteiger partial charge in [0.1, 0.15) is 0 Å². The highest BCUT2D eigenvalue weighted by atomic mass is 16.6. The minimum Gasteiger partial charge on any atom is -0.446 e. The van der Waals surface area contributed by atoms with Gasteiger partial charge in [0.15, 0.2) is 0 Å². The lowest BCUT2D eigenvalue weighted by Crippen LogP contribution is -2.51. The normalized spacial score (nSPS) is 17.3. The second kappa shape index (κ2) is 10.1. The van der Waals surface area contributed by atoms with Crippen LogP contribution < -0.4 is 9.80 Å². The predicted octanol–water partition coefficient (Wildman–Crippen LogP) is 4.79. The molecule has 1 aromatic rings. The van der Waals surface area contributed by atoms with Crippen molar-refractivity contribution in [1.29, 1.82) is 0 Å². The number of carbonyl (C=O) groups excluding carboxylic acids is 2. The van der Waals surface area contributed by atoms with Crippen LogP contribution in [0.1, 0.15) is 59.4 Å². The maximum absolute atomic E-state index is 12.8. The van der Waals surface area contributed by atoms with Gasteiger partial charge in [0.25, 0.3) is 0 Å². The van der Waals surface area contributed by atoms with E-state index >= 15 is 0 Å². The van der Waals surface area contributed by atoms with Crippen molar-refractivity contribution in [3.63, 3.8) is 0 Å². The SMILES string of the molecule is C=CCC(CN(C)C(C)C)c1ccc2c(c1)N(C(=O)OC(C)C)C[C@H](C)N2C(C)=O. The highest BCUT2D eigenvalue weighted by Crippen LogP contribution is 2.39. The molecule has 6 nitrogen and oxygen atoms in total. The molecule has 2 rings (SSSR count). The summed E-state index contributed by atoms with van der Waals surface area (Å²) >= 11 is 0. The number of carbonyl (C=O) groups is 2. The highest BCUT2D eigenvalue weighted by Gasteiger charge is 2.35. The van der Waals surface area contributed by atoms with Crippen LogP contribution in [0, 0.1) is 0 Å². The first kappa shape index (κ1) is 23.9. The third kappa shape index (κ3) is 5.42. The summed E-state index contributed by atoms with van der Waals surface area (Å²) in [6.07, 6.45) is 2.18. The van der Waals surface area contributed by atoms with Crippen LogP contribution in [0.15, 0.2) is 30.9 Å². The first-order chi connectivity index (χ1) is 14.1. The molecule has 0 N–H and O–H groups in total. The van der Waals surface area contributed by atoms with Gasteiger partial charge in [-0.2, -0.15) is 0 Å². The van der Waals surface area contributed by atoms with Crippen LogP contribution in [0.25, 0.3) is 0 Å². The molecule has 0 bridgehead atoms. The standard InChI is InChI=1S/C24H37N3O3/c1-9-10-21(15-25(8)16(2)3)20-11-12-22-23(13-20)26(24(29)30-17(4)5)14-18(6)27(22)19(7)28/h9,11-13,16-18,21H,1,10,14-15H2,2-8H3/t18-,21?/m0/s1. The predicted molar refractivity (Wildman–Crippen MR) is 123 cm³/mol. The maximum Gasteiger partial charge on any atom is 0.414 e. The number of hydrogen-bond donors (Lipinski definition) is 0. The van der Waals surface area contributed by atoms with Crippen molar-refractivity contribution in [2.45, 2.75) is 72.1 Å². The monoisotopic (exact) mass is 415 g/mol. The first-order valence-electron chi connectivity index (χ1n) is 10.8. The zero-order chi connectivity index (χ0) is 22.6. The van der Waals surface area contributed by atoms with Crippen molar-refractivity contribution in [2.24, 2.45) is 0 Å². The summed E-state index contributed by atoms with van der Waals surface area (Å²) in [5.74, 6) is 0.212. The van der Waals surface area contributed by atoms with Gasteiger partial charge in [-0.3, -0.25) is 9.69 Å². The van der Waals surface area contributed by atoms with E-state index in [4.69, 9.17) is 4.74 Å². The van der Waals surface area contributed by atoms with Gasteiger partial charge >= 0.3 is 6.09 Å². The topological polar surface area (TPSA) is 53.1 Å². The molecular formula is C24H37N3O3. The van der Waals surface area contributed by atoms with E-state index in [0.29, 0.717) is 12.6 Å². The van der Waals surface area contributed by atoms with Gasteiger partial charge < -0.3 is 14.5 Å². The number of nitrogens with zero attached hydrogens (tertiary/aromatic N) is 3. The lowest BCUT2D eigenvalue weighted by atomic mass is 9.92. The van der Waals surface area contributed by atoms with Gasteiger partial charge in [-0.15, -0.1) is 6.58 Å². The summed E-state index contributed by atoms with van der Waals surface area (Å²) < 4.78 is 5.49. The Bertz CT molecular complexity index is 775. The number of amides is 2. The Morgan fingerprint density at radius 2 is 1.93 bits per heavy atom. The van der Waals surface area contributed by atoms with E-state index in [2.05, 4.69) is 38.4 Å². The van der Waals surface area contributed by atoms with Crippen LogP contribution in [0.4, 0.5) is 16.2 Å². The number of rotatable bonds is 7. The molecule has 0 spiro atoms. The second-order valence-corrected chi connectivity index (χ2v) is 8.78. The maximum atomic E-state index is 12.8. The molecule has 2 amide bonds. The van der Waals surface area contributed by atoms with Crippen LogP contribution in [0.3, 0.4) is 0 Å². The van der Waals surface area contributed by atoms with Crippen molar-refractivity contribution in [3.8, 4) is 0 Å². The minimum atomic E-state index is -0.377. The van der Waals surface area contributed by atoms with E-state index in [1.54, 1.807) is 16.7 Å². The van der Waals surface area contributed by atoms with Crippen molar-refractivity contribution in [2.75, 3.05) is 29.9 Å². The molecule has 6 heteroatoms. The van der Waals surface area contributed by atoms with Gasteiger partial charge in [0, 0.05) is 32.0 Å². The molecule has 1 aliphatic heterocycles. The van der Waals surface area contributed by atoms with Gasteiger partial charge in [0.05, 0.1) is 23.5 Å². The van der Waals surface area contributed by atoms with E-state index in [0.717, 1.165) is 29.9 Å². The molecule has 1 aromatic carbocycles. The molecule has 0 radical (unpaired) electrons. The molecule has 0 saturated heterocycles. The van der Waals surface area contributed by atoms with Gasteiger partial charge in [-0.05, 0) is 65.8 Å². The number of allylic oxidation sites excluding steroid dienone is 1. The zero-order valence-corrected chi connectivity index (χ0v) is 19.5. The lowest BCUT2D eigenvalue weighted by Gasteiger charge is -2.41. The summed E-state index contributed by atoms with van der Waals surface area (Å²) in [7, 11) is 2.12. The minimum absolute atomic E-state index is 0.0319. The molecule has 1 heterocycles. The average molecular weight is 416 g/mol. The van der Waals surface area contributed by atoms with E-state index in [-0.39, 0.29) is 30.1 Å². The second-order valence-electron chi connectivity index (χ2n) is 8.78. The van der Waals surface area contributed by atoms with Crippen molar-refractivity contribution < 1.29 is 14.3 Å². The number of likely N-dealkylation sites (N-methyl/N-ethyl adjacent to an activating group) is 1. The first-order valence-corrected chi connectivity index (χ1v) is 10.8. The highest BCUT2D eigenvalue weighted by molar-refractivity contribution is 6.02. The number of fused-ring (bicyclic) bond motifs is 1. The zero-order valence-electron chi connectivity index (χ0n) is 19.5. The Morgan fingerprint density at radius 3 is 2.47 bits per heavy atom. The van der Waals surface area contributed by atoms with Crippen LogP contribution in [-0.4, -0.2) is 55.2 Å². The molecule has 0 fully saturated rings. The van der Waals surface area contributed by atoms with Crippen LogP contribution in [0.5, 0.6) is 0 Å². The van der Waals surface area contributed by atoms with Crippen molar-refractivity contribution in [3.05, 3.63) is 36.4 Å². The smallest absolute Gasteiger partial charge is 0.414 e. The van der Waals surface area contributed by atoms with Crippen molar-refractivity contribution in [1.82, 2.24) is 4.90 Å². The Kier molecular flexibility index (Phi) is 8.07. The Hall–Kier alpha value is -2.34. The molecule has 166 valence electrons. The number of hydrogen-bond acceptors (Lipinski definition) is 4.